The van der Waals surface area contributed by atoms with Gasteiger partial charge in [-0.15, -0.1) is 0 Å². The average molecular weight is 234 g/mol. The van der Waals surface area contributed by atoms with Gasteiger partial charge in [0.2, 0.25) is 5.91 Å². The van der Waals surface area contributed by atoms with Crippen LogP contribution in [0.5, 0.6) is 0 Å². The van der Waals surface area contributed by atoms with Crippen LogP contribution in [0.25, 0.3) is 0 Å². The molecule has 1 aliphatic rings. The van der Waals surface area contributed by atoms with E-state index in [2.05, 4.69) is 21.2 Å². The summed E-state index contributed by atoms with van der Waals surface area (Å²) < 4.78 is 0. The Bertz CT molecular complexity index is 161. The number of carbonyl (C=O) groups is 1. The lowest BCUT2D eigenvalue weighted by Crippen LogP contribution is -2.27. The Hall–Kier alpha value is -0.0500. The molecule has 0 aliphatic heterocycles. The molecule has 70 valence electrons. The van der Waals surface area contributed by atoms with E-state index in [1.165, 1.54) is 19.3 Å². The van der Waals surface area contributed by atoms with E-state index in [0.29, 0.717) is 17.2 Å². The maximum Gasteiger partial charge on any atom is 0.219 e. The van der Waals surface area contributed by atoms with Gasteiger partial charge in [-0.2, -0.15) is 0 Å². The predicted molar refractivity (Wildman–Crippen MR) is 53.4 cm³/mol. The second-order valence-corrected chi connectivity index (χ2v) is 4.73. The topological polar surface area (TPSA) is 29.1 Å². The first kappa shape index (κ1) is 10.0. The van der Waals surface area contributed by atoms with Crippen LogP contribution in [0, 0.1) is 5.92 Å². The van der Waals surface area contributed by atoms with Crippen molar-refractivity contribution < 1.29 is 4.79 Å². The van der Waals surface area contributed by atoms with Crippen LogP contribution in [0.2, 0.25) is 0 Å². The number of hydrogen-bond acceptors (Lipinski definition) is 1. The Morgan fingerprint density at radius 3 is 2.83 bits per heavy atom. The van der Waals surface area contributed by atoms with Gasteiger partial charge in [0.1, 0.15) is 0 Å². The van der Waals surface area contributed by atoms with Crippen molar-refractivity contribution in [2.45, 2.75) is 37.4 Å². The maximum absolute atomic E-state index is 10.9. The van der Waals surface area contributed by atoms with Crippen molar-refractivity contribution >= 4 is 21.8 Å². The van der Waals surface area contributed by atoms with Crippen molar-refractivity contribution in [3.63, 3.8) is 0 Å². The molecule has 1 aliphatic carbocycles. The average Bonchev–Trinajstić information content (AvgIpc) is 2.47. The number of halogens is 1. The first-order valence-corrected chi connectivity index (χ1v) is 5.54. The van der Waals surface area contributed by atoms with Crippen LogP contribution in [0.15, 0.2) is 0 Å². The summed E-state index contributed by atoms with van der Waals surface area (Å²) in [6.45, 7) is 2.76. The molecule has 1 N–H and O–H groups in total. The summed E-state index contributed by atoms with van der Waals surface area (Å²) in [6, 6.07) is 0. The lowest BCUT2D eigenvalue weighted by atomic mass is 10.1. The van der Waals surface area contributed by atoms with E-state index in [4.69, 9.17) is 0 Å². The lowest BCUT2D eigenvalue weighted by molar-refractivity contribution is -0.120. The summed E-state index contributed by atoms with van der Waals surface area (Å²) in [6.07, 6.45) is 4.32. The number of rotatable bonds is 3. The molecule has 12 heavy (non-hydrogen) atoms. The van der Waals surface area contributed by atoms with Crippen molar-refractivity contribution in [1.29, 1.82) is 0 Å². The van der Waals surface area contributed by atoms with Gasteiger partial charge >= 0.3 is 0 Å². The highest BCUT2D eigenvalue weighted by molar-refractivity contribution is 9.09. The fourth-order valence-corrected chi connectivity index (χ4v) is 2.38. The van der Waals surface area contributed by atoms with Gasteiger partial charge in [-0.3, -0.25) is 4.79 Å². The zero-order chi connectivity index (χ0) is 8.97. The highest BCUT2D eigenvalue weighted by Gasteiger charge is 2.22. The molecule has 0 bridgehead atoms. The molecular formula is C9H16BrNO. The molecule has 0 spiro atoms. The maximum atomic E-state index is 10.9. The summed E-state index contributed by atoms with van der Waals surface area (Å²) in [5.74, 6) is 0.873. The van der Waals surface area contributed by atoms with E-state index in [1.807, 2.05) is 6.92 Å². The van der Waals surface area contributed by atoms with Crippen molar-refractivity contribution in [1.82, 2.24) is 5.32 Å². The summed E-state index contributed by atoms with van der Waals surface area (Å²) in [5, 5.41) is 2.94. The second-order valence-electron chi connectivity index (χ2n) is 3.43. The third kappa shape index (κ3) is 3.13. The molecule has 0 aromatic heterocycles. The van der Waals surface area contributed by atoms with E-state index in [-0.39, 0.29) is 5.91 Å². The zero-order valence-corrected chi connectivity index (χ0v) is 9.06. The van der Waals surface area contributed by atoms with Gasteiger partial charge < -0.3 is 5.32 Å². The molecule has 3 heteroatoms. The number of nitrogens with one attached hydrogen (secondary N) is 1. The smallest absolute Gasteiger partial charge is 0.219 e. The minimum absolute atomic E-state index is 0.174. The highest BCUT2D eigenvalue weighted by atomic mass is 79.9. The van der Waals surface area contributed by atoms with Crippen LogP contribution < -0.4 is 5.32 Å². The molecule has 0 radical (unpaired) electrons. The predicted octanol–water partition coefficient (Wildman–Crippen LogP) is 2.08. The van der Waals surface area contributed by atoms with Crippen LogP contribution in [-0.2, 0) is 4.79 Å². The number of hydrogen-bond donors (Lipinski definition) is 1. The Morgan fingerprint density at radius 2 is 2.33 bits per heavy atom. The molecule has 0 saturated heterocycles. The minimum Gasteiger partial charge on any atom is -0.356 e. The summed E-state index contributed by atoms with van der Waals surface area (Å²) >= 11 is 3.59. The first-order valence-electron chi connectivity index (χ1n) is 4.63. The zero-order valence-electron chi connectivity index (χ0n) is 7.48. The number of carbonyl (C=O) groups excluding carboxylic acids is 1. The minimum atomic E-state index is 0.174. The molecule has 2 nitrogen and oxygen atoms in total. The van der Waals surface area contributed by atoms with Crippen LogP contribution in [0.3, 0.4) is 0 Å². The van der Waals surface area contributed by atoms with Crippen LogP contribution in [0.1, 0.15) is 32.6 Å². The molecule has 0 aromatic carbocycles. The fourth-order valence-electron chi connectivity index (χ4n) is 1.58. The van der Waals surface area contributed by atoms with Crippen molar-refractivity contribution in [3.05, 3.63) is 0 Å². The molecule has 0 aromatic rings. The number of amides is 1. The normalized spacial score (nSPS) is 28.8. The van der Waals surface area contributed by atoms with Crippen molar-refractivity contribution in [2.75, 3.05) is 6.54 Å². The number of alkyl halides is 1. The molecule has 1 saturated carbocycles. The van der Waals surface area contributed by atoms with E-state index >= 15 is 0 Å². The first-order chi connectivity index (χ1) is 5.72. The highest BCUT2D eigenvalue weighted by Crippen LogP contribution is 2.29. The van der Waals surface area contributed by atoms with Gasteiger partial charge in [0.15, 0.2) is 0 Å². The molecule has 1 amide bonds. The van der Waals surface area contributed by atoms with Crippen molar-refractivity contribution in [2.24, 2.45) is 5.92 Å². The molecule has 2 unspecified atom stereocenters. The summed E-state index contributed by atoms with van der Waals surface area (Å²) in [7, 11) is 0. The van der Waals surface area contributed by atoms with E-state index < -0.39 is 0 Å². The third-order valence-corrected chi connectivity index (χ3v) is 3.22. The molecule has 0 heterocycles. The van der Waals surface area contributed by atoms with E-state index in [9.17, 15) is 4.79 Å². The van der Waals surface area contributed by atoms with Gasteiger partial charge in [-0.05, 0) is 25.2 Å². The van der Waals surface area contributed by atoms with Crippen molar-refractivity contribution in [3.8, 4) is 0 Å². The standard InChI is InChI=1S/C9H16BrNO/c1-2-9(12)11-6-7-3-4-8(10)5-7/h7-8H,2-6H2,1H3,(H,11,12). The third-order valence-electron chi connectivity index (χ3n) is 2.39. The fraction of sp³-hybridized carbons (Fsp3) is 0.889. The van der Waals surface area contributed by atoms with Crippen LogP contribution >= 0.6 is 15.9 Å². The summed E-state index contributed by atoms with van der Waals surface area (Å²) in [4.78, 5) is 11.6. The van der Waals surface area contributed by atoms with E-state index in [0.717, 1.165) is 6.54 Å². The largest absolute Gasteiger partial charge is 0.356 e. The molecule has 2 atom stereocenters. The lowest BCUT2D eigenvalue weighted by Gasteiger charge is -2.09. The van der Waals surface area contributed by atoms with Gasteiger partial charge in [0, 0.05) is 17.8 Å². The van der Waals surface area contributed by atoms with Gasteiger partial charge in [-0.1, -0.05) is 22.9 Å². The van der Waals surface area contributed by atoms with Crippen LogP contribution in [-0.4, -0.2) is 17.3 Å². The SMILES string of the molecule is CCC(=O)NCC1CCC(Br)C1. The van der Waals surface area contributed by atoms with Gasteiger partial charge in [0.05, 0.1) is 0 Å². The monoisotopic (exact) mass is 233 g/mol. The van der Waals surface area contributed by atoms with Crippen LogP contribution in [0.4, 0.5) is 0 Å². The van der Waals surface area contributed by atoms with E-state index in [1.54, 1.807) is 0 Å². The Labute approximate surface area is 82.2 Å². The van der Waals surface area contributed by atoms with Gasteiger partial charge in [-0.25, -0.2) is 0 Å². The van der Waals surface area contributed by atoms with Gasteiger partial charge in [0.25, 0.3) is 0 Å². The summed E-state index contributed by atoms with van der Waals surface area (Å²) in [5.41, 5.74) is 0. The quantitative estimate of drug-likeness (QED) is 0.744. The molecular weight excluding hydrogens is 218 g/mol. The Morgan fingerprint density at radius 1 is 1.58 bits per heavy atom. The Balaban J connectivity index is 2.11. The molecule has 1 rings (SSSR count). The second kappa shape index (κ2) is 4.85. The Kier molecular flexibility index (Phi) is 4.06. The molecule has 1 fully saturated rings.